The maximum absolute atomic E-state index is 10.8. The molecule has 120 valence electrons. The molecule has 0 radical (unpaired) electrons. The van der Waals surface area contributed by atoms with Crippen LogP contribution in [0.4, 0.5) is 11.8 Å². The van der Waals surface area contributed by atoms with Gasteiger partial charge in [0.25, 0.3) is 0 Å². The summed E-state index contributed by atoms with van der Waals surface area (Å²) in [4.78, 5) is 6.26. The summed E-state index contributed by atoms with van der Waals surface area (Å²) in [5.41, 5.74) is 6.26. The number of nitrogen functional groups attached to an aromatic ring is 1. The van der Waals surface area contributed by atoms with Crippen molar-refractivity contribution >= 4 is 22.2 Å². The van der Waals surface area contributed by atoms with E-state index in [2.05, 4.69) is 14.2 Å². The molecule has 4 N–H and O–H groups in total. The van der Waals surface area contributed by atoms with Gasteiger partial charge in [-0.05, 0) is 24.0 Å². The van der Waals surface area contributed by atoms with Gasteiger partial charge in [0, 0.05) is 25.6 Å². The smallest absolute Gasteiger partial charge is 0.476 e. The van der Waals surface area contributed by atoms with Crippen molar-refractivity contribution in [2.24, 2.45) is 0 Å². The minimum absolute atomic E-state index is 0. The molecule has 21 heavy (non-hydrogen) atoms. The number of rotatable bonds is 4. The molecule has 0 aromatic carbocycles. The number of aromatic nitrogens is 2. The lowest BCUT2D eigenvalue weighted by molar-refractivity contribution is -0.852. The van der Waals surface area contributed by atoms with E-state index in [1.54, 1.807) is 6.07 Å². The van der Waals surface area contributed by atoms with Crippen LogP contribution in [0.25, 0.3) is 0 Å². The average Bonchev–Trinajstić information content (AvgIpc) is 2.40. The monoisotopic (exact) mass is 320 g/mol. The highest BCUT2D eigenvalue weighted by Gasteiger charge is 2.24. The predicted octanol–water partition coefficient (Wildman–Crippen LogP) is -0.441. The normalized spacial score (nSPS) is 15.4. The van der Waals surface area contributed by atoms with E-state index in [0.29, 0.717) is 17.9 Å². The Kier molecular flexibility index (Phi) is 5.70. The maximum atomic E-state index is 10.8. The van der Waals surface area contributed by atoms with Crippen molar-refractivity contribution in [1.29, 1.82) is 0 Å². The van der Waals surface area contributed by atoms with Gasteiger partial charge in [0.2, 0.25) is 5.82 Å². The first-order valence-electron chi connectivity index (χ1n) is 6.54. The van der Waals surface area contributed by atoms with E-state index >= 15 is 0 Å². The fourth-order valence-electron chi connectivity index (χ4n) is 2.26. The first kappa shape index (κ1) is 17.4. The minimum Gasteiger partial charge on any atom is -0.870 e. The zero-order chi connectivity index (χ0) is 14.8. The minimum atomic E-state index is -4.64. The first-order chi connectivity index (χ1) is 9.40. The van der Waals surface area contributed by atoms with Crippen molar-refractivity contribution in [3.8, 4) is 0 Å². The zero-order valence-electron chi connectivity index (χ0n) is 11.8. The summed E-state index contributed by atoms with van der Waals surface area (Å²) in [7, 11) is -4.64. The number of anilines is 2. The molecule has 0 saturated carbocycles. The van der Waals surface area contributed by atoms with Gasteiger partial charge < -0.3 is 10.4 Å². The molecule has 1 aliphatic heterocycles. The van der Waals surface area contributed by atoms with Gasteiger partial charge in [0.15, 0.2) is 0 Å². The zero-order valence-corrected chi connectivity index (χ0v) is 12.6. The van der Waals surface area contributed by atoms with Crippen LogP contribution in [0.2, 0.25) is 0 Å². The van der Waals surface area contributed by atoms with Gasteiger partial charge in [-0.25, -0.2) is 4.28 Å². The van der Waals surface area contributed by atoms with Gasteiger partial charge in [-0.2, -0.15) is 8.42 Å². The van der Waals surface area contributed by atoms with Crippen LogP contribution in [0.1, 0.15) is 31.9 Å². The van der Waals surface area contributed by atoms with Crippen molar-refractivity contribution in [1.82, 2.24) is 4.98 Å². The van der Waals surface area contributed by atoms with E-state index in [1.165, 1.54) is 6.42 Å². The summed E-state index contributed by atoms with van der Waals surface area (Å²) in [6.07, 6.45) is 3.88. The molecular weight excluding hydrogens is 300 g/mol. The molecule has 0 aliphatic carbocycles. The van der Waals surface area contributed by atoms with Gasteiger partial charge >= 0.3 is 16.3 Å². The summed E-state index contributed by atoms with van der Waals surface area (Å²) >= 11 is 0. The predicted molar refractivity (Wildman–Crippen MR) is 74.4 cm³/mol. The Bertz CT molecular complexity index is 587. The van der Waals surface area contributed by atoms with Crippen LogP contribution in [0.5, 0.6) is 0 Å². The third-order valence-electron chi connectivity index (χ3n) is 3.20. The molecule has 0 bridgehead atoms. The van der Waals surface area contributed by atoms with Gasteiger partial charge in [0.05, 0.1) is 0 Å². The second-order valence-corrected chi connectivity index (χ2v) is 5.67. The van der Waals surface area contributed by atoms with Crippen LogP contribution in [-0.2, 0) is 16.8 Å². The Balaban J connectivity index is 0.00000220. The van der Waals surface area contributed by atoms with Crippen molar-refractivity contribution < 1.29 is 27.5 Å². The molecule has 2 rings (SSSR count). The van der Waals surface area contributed by atoms with Crippen molar-refractivity contribution in [2.75, 3.05) is 23.7 Å². The number of piperidine rings is 1. The second-order valence-electron chi connectivity index (χ2n) is 4.66. The largest absolute Gasteiger partial charge is 0.870 e. The Labute approximate surface area is 123 Å². The number of nitrogens with two attached hydrogens (primary N) is 1. The number of hydrogen-bond acceptors (Lipinski definition) is 7. The van der Waals surface area contributed by atoms with E-state index in [9.17, 15) is 8.42 Å². The number of nitrogens with zero attached hydrogens (tertiary/aromatic N) is 3. The summed E-state index contributed by atoms with van der Waals surface area (Å²) in [5.74, 6) is 0.594. The Hall–Kier alpha value is -1.65. The highest BCUT2D eigenvalue weighted by atomic mass is 32.3. The van der Waals surface area contributed by atoms with Gasteiger partial charge in [-0.3, -0.25) is 10.3 Å². The summed E-state index contributed by atoms with van der Waals surface area (Å²) in [5, 5.41) is 0. The number of aryl methyl sites for hydroxylation is 1. The van der Waals surface area contributed by atoms with Crippen molar-refractivity contribution in [3.05, 3.63) is 11.8 Å². The van der Waals surface area contributed by atoms with Crippen LogP contribution in [0, 0.1) is 0 Å². The first-order valence-corrected chi connectivity index (χ1v) is 7.91. The molecule has 1 aromatic rings. The van der Waals surface area contributed by atoms with Crippen LogP contribution in [-0.4, -0.2) is 36.5 Å². The molecule has 10 heteroatoms. The van der Waals surface area contributed by atoms with E-state index in [4.69, 9.17) is 10.3 Å². The van der Waals surface area contributed by atoms with Gasteiger partial charge in [0.1, 0.15) is 5.69 Å². The van der Waals surface area contributed by atoms with Crippen LogP contribution in [0.3, 0.4) is 0 Å². The molecular formula is C11H20N4O5S. The number of hydrogen-bond donors (Lipinski definition) is 2. The summed E-state index contributed by atoms with van der Waals surface area (Å²) < 4.78 is 35.7. The van der Waals surface area contributed by atoms with E-state index in [0.717, 1.165) is 30.7 Å². The fourth-order valence-corrected chi connectivity index (χ4v) is 2.62. The Morgan fingerprint density at radius 3 is 2.57 bits per heavy atom. The van der Waals surface area contributed by atoms with Crippen molar-refractivity contribution in [3.63, 3.8) is 0 Å². The summed E-state index contributed by atoms with van der Waals surface area (Å²) in [6.45, 7) is 3.64. The van der Waals surface area contributed by atoms with E-state index < -0.39 is 10.4 Å². The summed E-state index contributed by atoms with van der Waals surface area (Å²) in [6, 6.07) is 1.73. The Morgan fingerprint density at radius 2 is 2.05 bits per heavy atom. The molecule has 9 nitrogen and oxygen atoms in total. The SMILES string of the molecule is CCc1cc(N2CCCCC2)nc(N)[n+]1OS(=O)(=O)O.[OH-]. The highest BCUT2D eigenvalue weighted by molar-refractivity contribution is 7.80. The molecule has 0 spiro atoms. The molecule has 1 aromatic heterocycles. The molecule has 0 unspecified atom stereocenters. The molecule has 0 amide bonds. The lowest BCUT2D eigenvalue weighted by Crippen LogP contribution is -2.52. The standard InChI is InChI=1S/C11H18N4O4S.H2O/c1-2-9-8-10(14-6-4-3-5-7-14)13-11(12)15(9)19-20(16,17)18;/h8,12H,2-7H2,1H3,(H,16,17,18);1H2. The lowest BCUT2D eigenvalue weighted by Gasteiger charge is -2.26. The lowest BCUT2D eigenvalue weighted by atomic mass is 10.1. The molecule has 1 aliphatic rings. The second kappa shape index (κ2) is 6.87. The molecule has 1 saturated heterocycles. The maximum Gasteiger partial charge on any atom is 0.476 e. The van der Waals surface area contributed by atoms with Gasteiger partial charge in [-0.1, -0.05) is 11.9 Å². The van der Waals surface area contributed by atoms with E-state index in [-0.39, 0.29) is 11.4 Å². The van der Waals surface area contributed by atoms with Crippen LogP contribution < -0.4 is 19.6 Å². The van der Waals surface area contributed by atoms with Crippen LogP contribution in [0.15, 0.2) is 6.07 Å². The molecule has 1 fully saturated rings. The Morgan fingerprint density at radius 1 is 1.43 bits per heavy atom. The third-order valence-corrected chi connectivity index (χ3v) is 3.54. The molecule has 0 atom stereocenters. The van der Waals surface area contributed by atoms with E-state index in [1.807, 2.05) is 6.92 Å². The third kappa shape index (κ3) is 4.41. The van der Waals surface area contributed by atoms with Crippen molar-refractivity contribution in [2.45, 2.75) is 32.6 Å². The fraction of sp³-hybridized carbons (Fsp3) is 0.636. The molecule has 2 heterocycles. The highest BCUT2D eigenvalue weighted by Crippen LogP contribution is 2.18. The van der Waals surface area contributed by atoms with Crippen LogP contribution >= 0.6 is 0 Å². The quantitative estimate of drug-likeness (QED) is 0.562. The van der Waals surface area contributed by atoms with Gasteiger partial charge in [-0.15, -0.1) is 0 Å². The topological polar surface area (TPSA) is 140 Å². The average molecular weight is 320 g/mol.